The van der Waals surface area contributed by atoms with E-state index in [0.29, 0.717) is 12.8 Å². The summed E-state index contributed by atoms with van der Waals surface area (Å²) in [6.45, 7) is 0. The SMILES string of the molecule is O=C(NC1CCc2cc(F)ccc21)c1ccccc1[N+](=O)[O-]. The van der Waals surface area contributed by atoms with E-state index in [-0.39, 0.29) is 23.1 Å². The largest absolute Gasteiger partial charge is 0.345 e. The first-order valence-electron chi connectivity index (χ1n) is 6.89. The van der Waals surface area contributed by atoms with E-state index < -0.39 is 10.8 Å². The number of fused-ring (bicyclic) bond motifs is 1. The number of amides is 1. The Morgan fingerprint density at radius 3 is 2.82 bits per heavy atom. The van der Waals surface area contributed by atoms with Gasteiger partial charge in [0.1, 0.15) is 11.4 Å². The van der Waals surface area contributed by atoms with Crippen LogP contribution >= 0.6 is 0 Å². The number of para-hydroxylation sites is 1. The average molecular weight is 300 g/mol. The third kappa shape index (κ3) is 2.55. The molecule has 1 amide bonds. The Labute approximate surface area is 125 Å². The van der Waals surface area contributed by atoms with Crippen molar-refractivity contribution in [3.05, 3.63) is 75.1 Å². The molecule has 3 rings (SSSR count). The van der Waals surface area contributed by atoms with Gasteiger partial charge in [-0.2, -0.15) is 0 Å². The molecule has 0 spiro atoms. The minimum Gasteiger partial charge on any atom is -0.345 e. The molecule has 0 fully saturated rings. The Kier molecular flexibility index (Phi) is 3.58. The van der Waals surface area contributed by atoms with Crippen LogP contribution in [-0.2, 0) is 6.42 Å². The molecule has 0 saturated heterocycles. The number of nitro benzene ring substituents is 1. The summed E-state index contributed by atoms with van der Waals surface area (Å²) in [5, 5.41) is 13.8. The zero-order valence-corrected chi connectivity index (χ0v) is 11.6. The fraction of sp³-hybridized carbons (Fsp3) is 0.188. The predicted molar refractivity (Wildman–Crippen MR) is 78.0 cm³/mol. The second-order valence-electron chi connectivity index (χ2n) is 5.18. The Hall–Kier alpha value is -2.76. The molecule has 0 heterocycles. The van der Waals surface area contributed by atoms with Gasteiger partial charge in [-0.15, -0.1) is 0 Å². The number of hydrogen-bond acceptors (Lipinski definition) is 3. The maximum Gasteiger partial charge on any atom is 0.282 e. The van der Waals surface area contributed by atoms with Gasteiger partial charge in [-0.3, -0.25) is 14.9 Å². The van der Waals surface area contributed by atoms with Gasteiger partial charge in [0.05, 0.1) is 11.0 Å². The van der Waals surface area contributed by atoms with Gasteiger partial charge in [-0.05, 0) is 42.2 Å². The molecular weight excluding hydrogens is 287 g/mol. The minimum atomic E-state index is -0.577. The molecule has 2 aromatic rings. The molecule has 22 heavy (non-hydrogen) atoms. The quantitative estimate of drug-likeness (QED) is 0.699. The van der Waals surface area contributed by atoms with E-state index in [2.05, 4.69) is 5.32 Å². The van der Waals surface area contributed by atoms with Crippen molar-refractivity contribution in [3.63, 3.8) is 0 Å². The van der Waals surface area contributed by atoms with Crippen LogP contribution in [0, 0.1) is 15.9 Å². The topological polar surface area (TPSA) is 72.2 Å². The zero-order chi connectivity index (χ0) is 15.7. The lowest BCUT2D eigenvalue weighted by Gasteiger charge is -2.14. The van der Waals surface area contributed by atoms with Crippen LogP contribution < -0.4 is 5.32 Å². The van der Waals surface area contributed by atoms with E-state index in [4.69, 9.17) is 0 Å². The van der Waals surface area contributed by atoms with Crippen molar-refractivity contribution in [2.24, 2.45) is 0 Å². The molecule has 0 radical (unpaired) electrons. The minimum absolute atomic E-state index is 0.0306. The highest BCUT2D eigenvalue weighted by molar-refractivity contribution is 5.98. The smallest absolute Gasteiger partial charge is 0.282 e. The fourth-order valence-corrected chi connectivity index (χ4v) is 2.80. The van der Waals surface area contributed by atoms with Crippen molar-refractivity contribution < 1.29 is 14.1 Å². The summed E-state index contributed by atoms with van der Waals surface area (Å²) in [5.74, 6) is -0.793. The second kappa shape index (κ2) is 5.55. The first-order chi connectivity index (χ1) is 10.6. The first-order valence-corrected chi connectivity index (χ1v) is 6.89. The number of aryl methyl sites for hydroxylation is 1. The van der Waals surface area contributed by atoms with Gasteiger partial charge < -0.3 is 5.32 Å². The molecule has 1 atom stereocenters. The monoisotopic (exact) mass is 300 g/mol. The molecule has 1 aliphatic rings. The third-order valence-electron chi connectivity index (χ3n) is 3.83. The highest BCUT2D eigenvalue weighted by Gasteiger charge is 2.27. The summed E-state index contributed by atoms with van der Waals surface area (Å²) in [5.41, 5.74) is 1.54. The van der Waals surface area contributed by atoms with E-state index in [1.54, 1.807) is 12.1 Å². The lowest BCUT2D eigenvalue weighted by atomic mass is 10.1. The van der Waals surface area contributed by atoms with E-state index in [1.807, 2.05) is 0 Å². The van der Waals surface area contributed by atoms with Crippen molar-refractivity contribution in [1.29, 1.82) is 0 Å². The van der Waals surface area contributed by atoms with Crippen LogP contribution in [0.25, 0.3) is 0 Å². The summed E-state index contributed by atoms with van der Waals surface area (Å²) >= 11 is 0. The molecule has 1 aliphatic carbocycles. The molecule has 0 aliphatic heterocycles. The van der Waals surface area contributed by atoms with Gasteiger partial charge in [0.2, 0.25) is 0 Å². The Bertz CT molecular complexity index is 761. The predicted octanol–water partition coefficient (Wildman–Crippen LogP) is 3.15. The van der Waals surface area contributed by atoms with E-state index in [0.717, 1.165) is 11.1 Å². The number of halogens is 1. The number of benzene rings is 2. The second-order valence-corrected chi connectivity index (χ2v) is 5.18. The average Bonchev–Trinajstić information content (AvgIpc) is 2.89. The Morgan fingerprint density at radius 1 is 1.27 bits per heavy atom. The number of nitrogens with one attached hydrogen (secondary N) is 1. The van der Waals surface area contributed by atoms with Crippen LogP contribution in [-0.4, -0.2) is 10.8 Å². The number of hydrogen-bond donors (Lipinski definition) is 1. The van der Waals surface area contributed by atoms with Gasteiger partial charge in [-0.1, -0.05) is 18.2 Å². The van der Waals surface area contributed by atoms with Crippen LogP contribution in [0.5, 0.6) is 0 Å². The van der Waals surface area contributed by atoms with Gasteiger partial charge in [0.25, 0.3) is 11.6 Å². The number of carbonyl (C=O) groups excluding carboxylic acids is 1. The lowest BCUT2D eigenvalue weighted by Crippen LogP contribution is -2.27. The number of carbonyl (C=O) groups is 1. The van der Waals surface area contributed by atoms with Crippen LogP contribution in [0.2, 0.25) is 0 Å². The first kappa shape index (κ1) is 14.2. The van der Waals surface area contributed by atoms with Crippen molar-refractivity contribution >= 4 is 11.6 Å². The molecule has 1 N–H and O–H groups in total. The fourth-order valence-electron chi connectivity index (χ4n) is 2.80. The maximum atomic E-state index is 13.2. The summed E-state index contributed by atoms with van der Waals surface area (Å²) in [6.07, 6.45) is 1.33. The standard InChI is InChI=1S/C16H13FN2O3/c17-11-6-7-12-10(9-11)5-8-14(12)18-16(20)13-3-1-2-4-15(13)19(21)22/h1-4,6-7,9,14H,5,8H2,(H,18,20). The molecule has 0 bridgehead atoms. The van der Waals surface area contributed by atoms with Gasteiger partial charge in [0, 0.05) is 6.07 Å². The molecule has 112 valence electrons. The van der Waals surface area contributed by atoms with E-state index >= 15 is 0 Å². The van der Waals surface area contributed by atoms with E-state index in [9.17, 15) is 19.3 Å². The van der Waals surface area contributed by atoms with Crippen LogP contribution in [0.3, 0.4) is 0 Å². The molecule has 2 aromatic carbocycles. The maximum absolute atomic E-state index is 13.2. The van der Waals surface area contributed by atoms with Crippen molar-refractivity contribution in [2.45, 2.75) is 18.9 Å². The summed E-state index contributed by atoms with van der Waals surface area (Å²) in [4.78, 5) is 22.7. The Morgan fingerprint density at radius 2 is 2.05 bits per heavy atom. The molecular formula is C16H13FN2O3. The van der Waals surface area contributed by atoms with Gasteiger partial charge in [-0.25, -0.2) is 4.39 Å². The van der Waals surface area contributed by atoms with E-state index in [1.165, 1.54) is 30.3 Å². The zero-order valence-electron chi connectivity index (χ0n) is 11.6. The third-order valence-corrected chi connectivity index (χ3v) is 3.83. The number of nitro groups is 1. The van der Waals surface area contributed by atoms with Gasteiger partial charge in [0.15, 0.2) is 0 Å². The highest BCUT2D eigenvalue weighted by Crippen LogP contribution is 2.32. The van der Waals surface area contributed by atoms with Crippen LogP contribution in [0.1, 0.15) is 33.9 Å². The summed E-state index contributed by atoms with van der Waals surface area (Å²) in [7, 11) is 0. The van der Waals surface area contributed by atoms with Crippen molar-refractivity contribution in [2.75, 3.05) is 0 Å². The van der Waals surface area contributed by atoms with Crippen LogP contribution in [0.15, 0.2) is 42.5 Å². The molecule has 0 saturated carbocycles. The lowest BCUT2D eigenvalue weighted by molar-refractivity contribution is -0.385. The van der Waals surface area contributed by atoms with Crippen molar-refractivity contribution in [1.82, 2.24) is 5.32 Å². The Balaban J connectivity index is 1.84. The molecule has 0 aromatic heterocycles. The van der Waals surface area contributed by atoms with Gasteiger partial charge >= 0.3 is 0 Å². The van der Waals surface area contributed by atoms with Crippen LogP contribution in [0.4, 0.5) is 10.1 Å². The number of nitrogens with zero attached hydrogens (tertiary/aromatic N) is 1. The molecule has 6 heteroatoms. The normalized spacial score (nSPS) is 16.1. The number of rotatable bonds is 3. The highest BCUT2D eigenvalue weighted by atomic mass is 19.1. The molecule has 5 nitrogen and oxygen atoms in total. The summed E-state index contributed by atoms with van der Waals surface area (Å²) in [6, 6.07) is 10.1. The van der Waals surface area contributed by atoms with Crippen molar-refractivity contribution in [3.8, 4) is 0 Å². The summed E-state index contributed by atoms with van der Waals surface area (Å²) < 4.78 is 13.2. The molecule has 1 unspecified atom stereocenters.